The quantitative estimate of drug-likeness (QED) is 0.237. The van der Waals surface area contributed by atoms with Crippen LogP contribution in [0.3, 0.4) is 0 Å². The Hall–Kier alpha value is -3.64. The van der Waals surface area contributed by atoms with Crippen LogP contribution >= 0.6 is 11.3 Å². The van der Waals surface area contributed by atoms with Crippen molar-refractivity contribution < 1.29 is 9.53 Å². The van der Waals surface area contributed by atoms with Gasteiger partial charge in [0.1, 0.15) is 5.01 Å². The first-order valence-corrected chi connectivity index (χ1v) is 14.1. The van der Waals surface area contributed by atoms with E-state index in [1.54, 1.807) is 13.3 Å². The normalized spacial score (nSPS) is 13.8. The molecular weight excluding hydrogens is 490 g/mol. The van der Waals surface area contributed by atoms with Crippen molar-refractivity contribution in [2.75, 3.05) is 31.0 Å². The van der Waals surface area contributed by atoms with E-state index >= 15 is 0 Å². The summed E-state index contributed by atoms with van der Waals surface area (Å²) >= 11 is 1.51. The molecule has 0 bridgehead atoms. The van der Waals surface area contributed by atoms with Gasteiger partial charge in [0.25, 0.3) is 0 Å². The maximum atomic E-state index is 13.9. The molecule has 6 heteroatoms. The molecule has 1 amide bonds. The number of ether oxygens (including phenoxy) is 1. The minimum atomic E-state index is 0.0850. The van der Waals surface area contributed by atoms with Crippen LogP contribution in [0.15, 0.2) is 79.0 Å². The van der Waals surface area contributed by atoms with Crippen molar-refractivity contribution in [1.82, 2.24) is 4.98 Å². The van der Waals surface area contributed by atoms with Gasteiger partial charge in [0, 0.05) is 37.0 Å². The second-order valence-corrected chi connectivity index (χ2v) is 11.1. The van der Waals surface area contributed by atoms with Gasteiger partial charge in [-0.25, -0.2) is 4.98 Å². The van der Waals surface area contributed by atoms with E-state index in [2.05, 4.69) is 64.5 Å². The maximum absolute atomic E-state index is 13.9. The number of hydrogen-bond donors (Lipinski definition) is 0. The predicted octanol–water partition coefficient (Wildman–Crippen LogP) is 7.67. The lowest BCUT2D eigenvalue weighted by molar-refractivity contribution is -0.123. The van der Waals surface area contributed by atoms with Gasteiger partial charge in [-0.2, -0.15) is 0 Å². The number of hydrogen-bond acceptors (Lipinski definition) is 5. The fourth-order valence-corrected chi connectivity index (χ4v) is 5.83. The van der Waals surface area contributed by atoms with Gasteiger partial charge in [0.2, 0.25) is 5.91 Å². The molecule has 3 aromatic carbocycles. The average Bonchev–Trinajstić information content (AvgIpc) is 3.46. The van der Waals surface area contributed by atoms with Gasteiger partial charge >= 0.3 is 0 Å². The van der Waals surface area contributed by atoms with Crippen LogP contribution in [0.25, 0.3) is 21.7 Å². The fraction of sp³-hybridized carbons (Fsp3) is 0.312. The molecule has 0 spiro atoms. The summed E-state index contributed by atoms with van der Waals surface area (Å²) in [6.07, 6.45) is 7.17. The molecule has 1 saturated carbocycles. The molecule has 5 rings (SSSR count). The van der Waals surface area contributed by atoms with E-state index in [0.29, 0.717) is 6.54 Å². The van der Waals surface area contributed by atoms with Gasteiger partial charge in [-0.05, 0) is 53.8 Å². The number of methoxy groups -OCH3 is 1. The largest absolute Gasteiger partial charge is 0.486 e. The SMILES string of the molecule is COc1cnc(-c2cccc(N(Cc3ccc(-c4ccc(N(C)C)cc4)cc3)C(=O)C3CCCCC3)c2)s1. The number of anilines is 2. The minimum absolute atomic E-state index is 0.0850. The molecule has 1 heterocycles. The highest BCUT2D eigenvalue weighted by molar-refractivity contribution is 7.16. The van der Waals surface area contributed by atoms with E-state index in [-0.39, 0.29) is 11.8 Å². The number of amides is 1. The van der Waals surface area contributed by atoms with Crippen LogP contribution < -0.4 is 14.5 Å². The van der Waals surface area contributed by atoms with Gasteiger partial charge in [0.15, 0.2) is 5.06 Å². The van der Waals surface area contributed by atoms with Crippen molar-refractivity contribution in [2.45, 2.75) is 38.6 Å². The van der Waals surface area contributed by atoms with Crippen LogP contribution in [0.2, 0.25) is 0 Å². The molecule has 0 saturated heterocycles. The predicted molar refractivity (Wildman–Crippen MR) is 158 cm³/mol. The molecule has 1 fully saturated rings. The highest BCUT2D eigenvalue weighted by atomic mass is 32.1. The molecule has 0 atom stereocenters. The molecule has 38 heavy (non-hydrogen) atoms. The van der Waals surface area contributed by atoms with E-state index in [0.717, 1.165) is 52.6 Å². The summed E-state index contributed by atoms with van der Waals surface area (Å²) in [7, 11) is 5.75. The number of carbonyl (C=O) groups excluding carboxylic acids is 1. The summed E-state index contributed by atoms with van der Waals surface area (Å²) in [6.45, 7) is 0.541. The minimum Gasteiger partial charge on any atom is -0.486 e. The van der Waals surface area contributed by atoms with E-state index in [1.807, 2.05) is 37.2 Å². The number of rotatable bonds is 8. The summed E-state index contributed by atoms with van der Waals surface area (Å²) in [5.74, 6) is 0.309. The molecule has 1 aliphatic carbocycles. The van der Waals surface area contributed by atoms with Crippen LogP contribution in [0.1, 0.15) is 37.7 Å². The number of thiazole rings is 1. The molecule has 0 aliphatic heterocycles. The van der Waals surface area contributed by atoms with Crippen molar-refractivity contribution >= 4 is 28.6 Å². The standard InChI is InChI=1S/C32H35N3O2S/c1-34(2)28-18-16-25(17-19-28)24-14-12-23(13-15-24)22-35(32(36)26-8-5-4-6-9-26)29-11-7-10-27(20-29)31-33-21-30(37-3)38-31/h7,10-21,26H,4-6,8-9,22H2,1-3H3. The van der Waals surface area contributed by atoms with Crippen LogP contribution in [0.4, 0.5) is 11.4 Å². The Bertz CT molecular complexity index is 1360. The fourth-order valence-electron chi connectivity index (χ4n) is 5.10. The van der Waals surface area contributed by atoms with Crippen molar-refractivity contribution in [3.8, 4) is 26.8 Å². The monoisotopic (exact) mass is 525 g/mol. The highest BCUT2D eigenvalue weighted by Gasteiger charge is 2.27. The Balaban J connectivity index is 1.41. The van der Waals surface area contributed by atoms with E-state index < -0.39 is 0 Å². The first-order valence-electron chi connectivity index (χ1n) is 13.3. The van der Waals surface area contributed by atoms with Crippen molar-refractivity contribution in [3.05, 3.63) is 84.6 Å². The van der Waals surface area contributed by atoms with Crippen molar-refractivity contribution in [3.63, 3.8) is 0 Å². The zero-order valence-electron chi connectivity index (χ0n) is 22.4. The van der Waals surface area contributed by atoms with Crippen molar-refractivity contribution in [2.24, 2.45) is 5.92 Å². The highest BCUT2D eigenvalue weighted by Crippen LogP contribution is 2.34. The lowest BCUT2D eigenvalue weighted by Crippen LogP contribution is -2.36. The summed E-state index contributed by atoms with van der Waals surface area (Å²) < 4.78 is 5.34. The third-order valence-corrected chi connectivity index (χ3v) is 8.33. The summed E-state index contributed by atoms with van der Waals surface area (Å²) in [6, 6.07) is 25.4. The lowest BCUT2D eigenvalue weighted by Gasteiger charge is -2.30. The van der Waals surface area contributed by atoms with E-state index in [9.17, 15) is 4.79 Å². The zero-order chi connectivity index (χ0) is 26.5. The molecule has 0 unspecified atom stereocenters. The Kier molecular flexibility index (Phi) is 8.08. The Morgan fingerprint density at radius 1 is 0.895 bits per heavy atom. The van der Waals surface area contributed by atoms with Gasteiger partial charge in [-0.3, -0.25) is 4.79 Å². The summed E-state index contributed by atoms with van der Waals surface area (Å²) in [5.41, 5.74) is 6.56. The Morgan fingerprint density at radius 2 is 1.58 bits per heavy atom. The Labute approximate surface area is 229 Å². The zero-order valence-corrected chi connectivity index (χ0v) is 23.2. The second-order valence-electron chi connectivity index (χ2n) is 10.1. The molecule has 1 aliphatic rings. The first-order chi connectivity index (χ1) is 18.5. The average molecular weight is 526 g/mol. The van der Waals surface area contributed by atoms with Crippen LogP contribution in [0.5, 0.6) is 5.06 Å². The number of carbonyl (C=O) groups is 1. The maximum Gasteiger partial charge on any atom is 0.230 e. The van der Waals surface area contributed by atoms with Crippen LogP contribution in [-0.2, 0) is 11.3 Å². The second kappa shape index (κ2) is 11.8. The van der Waals surface area contributed by atoms with Crippen LogP contribution in [-0.4, -0.2) is 32.1 Å². The van der Waals surface area contributed by atoms with Crippen molar-refractivity contribution in [1.29, 1.82) is 0 Å². The number of benzene rings is 3. The molecule has 0 radical (unpaired) electrons. The van der Waals surface area contributed by atoms with Gasteiger partial charge < -0.3 is 14.5 Å². The lowest BCUT2D eigenvalue weighted by atomic mass is 9.88. The third kappa shape index (κ3) is 5.91. The van der Waals surface area contributed by atoms with Gasteiger partial charge in [-0.15, -0.1) is 0 Å². The molecule has 5 nitrogen and oxygen atoms in total. The molecular formula is C32H35N3O2S. The van der Waals surface area contributed by atoms with E-state index in [4.69, 9.17) is 4.74 Å². The molecule has 196 valence electrons. The summed E-state index contributed by atoms with van der Waals surface area (Å²) in [5, 5.41) is 1.66. The van der Waals surface area contributed by atoms with E-state index in [1.165, 1.54) is 34.6 Å². The third-order valence-electron chi connectivity index (χ3n) is 7.32. The first kappa shape index (κ1) is 26.0. The topological polar surface area (TPSA) is 45.7 Å². The van der Waals surface area contributed by atoms with Gasteiger partial charge in [0.05, 0.1) is 19.9 Å². The van der Waals surface area contributed by atoms with Crippen LogP contribution in [0, 0.1) is 5.92 Å². The molecule has 0 N–H and O–H groups in total. The molecule has 1 aromatic heterocycles. The smallest absolute Gasteiger partial charge is 0.230 e. The molecule has 4 aromatic rings. The summed E-state index contributed by atoms with van der Waals surface area (Å²) in [4.78, 5) is 22.5. The Morgan fingerprint density at radius 3 is 2.21 bits per heavy atom. The van der Waals surface area contributed by atoms with Gasteiger partial charge in [-0.1, -0.05) is 79.1 Å². The number of aromatic nitrogens is 1. The number of nitrogens with zero attached hydrogens (tertiary/aromatic N) is 3.